The van der Waals surface area contributed by atoms with Gasteiger partial charge in [0, 0.05) is 9.92 Å². The van der Waals surface area contributed by atoms with Gasteiger partial charge in [0.05, 0.1) is 4.92 Å². The molecule has 0 saturated heterocycles. The first-order valence-electron chi connectivity index (χ1n) is 4.51. The second kappa shape index (κ2) is 7.62. The van der Waals surface area contributed by atoms with Crippen LogP contribution in [-0.4, -0.2) is 4.92 Å². The normalized spacial score (nSPS) is 11.8. The minimum Gasteiger partial charge on any atom is -0.258 e. The highest BCUT2D eigenvalue weighted by atomic mass is 35.5. The Hall–Kier alpha value is -0.100. The third-order valence-electron chi connectivity index (χ3n) is 1.76. The third kappa shape index (κ3) is 5.06. The zero-order valence-corrected chi connectivity index (χ0v) is 13.5. The Kier molecular flexibility index (Phi) is 6.80. The largest absolute Gasteiger partial charge is 0.315 e. The molecule has 0 atom stereocenters. The van der Waals surface area contributed by atoms with Crippen molar-refractivity contribution < 1.29 is 4.92 Å². The SMILES string of the molecule is O=[N+]([O-])/C(C(Cl)=C(Cl)Cl)=C(\Cl)Sc1ccc(Cl)cc1. The molecular weight excluding hydrogens is 375 g/mol. The summed E-state index contributed by atoms with van der Waals surface area (Å²) in [6, 6.07) is 6.58. The van der Waals surface area contributed by atoms with Crippen LogP contribution in [0.2, 0.25) is 5.02 Å². The van der Waals surface area contributed by atoms with E-state index in [2.05, 4.69) is 0 Å². The lowest BCUT2D eigenvalue weighted by Crippen LogP contribution is -2.00. The van der Waals surface area contributed by atoms with E-state index in [0.29, 0.717) is 9.92 Å². The van der Waals surface area contributed by atoms with Crippen molar-refractivity contribution in [2.24, 2.45) is 0 Å². The number of rotatable bonds is 4. The van der Waals surface area contributed by atoms with E-state index >= 15 is 0 Å². The maximum Gasteiger partial charge on any atom is 0.315 e. The molecule has 0 bridgehead atoms. The van der Waals surface area contributed by atoms with Crippen molar-refractivity contribution in [3.8, 4) is 0 Å². The summed E-state index contributed by atoms with van der Waals surface area (Å²) in [5.41, 5.74) is -0.553. The fourth-order valence-electron chi connectivity index (χ4n) is 0.982. The van der Waals surface area contributed by atoms with E-state index < -0.39 is 20.1 Å². The quantitative estimate of drug-likeness (QED) is 0.279. The molecule has 3 nitrogen and oxygen atoms in total. The highest BCUT2D eigenvalue weighted by Gasteiger charge is 2.24. The number of hydrogen-bond acceptors (Lipinski definition) is 3. The van der Waals surface area contributed by atoms with Crippen LogP contribution in [0, 0.1) is 10.1 Å². The number of hydrogen-bond donors (Lipinski definition) is 0. The van der Waals surface area contributed by atoms with Gasteiger partial charge in [0.1, 0.15) is 4.49 Å². The van der Waals surface area contributed by atoms with Crippen LogP contribution >= 0.6 is 69.8 Å². The molecule has 1 rings (SSSR count). The van der Waals surface area contributed by atoms with E-state index in [1.807, 2.05) is 0 Å². The first-order chi connectivity index (χ1) is 8.82. The Bertz CT molecular complexity index is 552. The maximum atomic E-state index is 10.9. The molecule has 1 aromatic carbocycles. The molecule has 0 saturated carbocycles. The van der Waals surface area contributed by atoms with Crippen molar-refractivity contribution in [1.82, 2.24) is 0 Å². The summed E-state index contributed by atoms with van der Waals surface area (Å²) in [4.78, 5) is 10.8. The van der Waals surface area contributed by atoms with Crippen LogP contribution in [-0.2, 0) is 0 Å². The lowest BCUT2D eigenvalue weighted by molar-refractivity contribution is -0.419. The van der Waals surface area contributed by atoms with Gasteiger partial charge in [-0.15, -0.1) is 0 Å². The minimum absolute atomic E-state index is 0.156. The molecule has 0 unspecified atom stereocenters. The van der Waals surface area contributed by atoms with Crippen molar-refractivity contribution in [2.75, 3.05) is 0 Å². The molecule has 0 aliphatic carbocycles. The molecule has 0 amide bonds. The molecular formula is C10H4Cl5NO2S. The van der Waals surface area contributed by atoms with Crippen molar-refractivity contribution in [3.05, 3.63) is 59.0 Å². The van der Waals surface area contributed by atoms with Crippen LogP contribution in [0.3, 0.4) is 0 Å². The monoisotopic (exact) mass is 377 g/mol. The summed E-state index contributed by atoms with van der Waals surface area (Å²) in [5.74, 6) is 0. The summed E-state index contributed by atoms with van der Waals surface area (Å²) in [7, 11) is 0. The summed E-state index contributed by atoms with van der Waals surface area (Å²) in [5, 5.41) is 11.0. The Morgan fingerprint density at radius 1 is 1.11 bits per heavy atom. The molecule has 102 valence electrons. The van der Waals surface area contributed by atoms with Crippen LogP contribution in [0.25, 0.3) is 0 Å². The van der Waals surface area contributed by atoms with Gasteiger partial charge in [0.25, 0.3) is 0 Å². The molecule has 9 heteroatoms. The topological polar surface area (TPSA) is 43.1 Å². The molecule has 0 aliphatic rings. The van der Waals surface area contributed by atoms with Crippen LogP contribution in [0.5, 0.6) is 0 Å². The number of nitro groups is 1. The molecule has 0 heterocycles. The summed E-state index contributed by atoms with van der Waals surface area (Å²) in [6.45, 7) is 0. The summed E-state index contributed by atoms with van der Waals surface area (Å²) < 4.78 is -0.584. The second-order valence-electron chi connectivity index (χ2n) is 3.01. The zero-order chi connectivity index (χ0) is 14.6. The van der Waals surface area contributed by atoms with Crippen LogP contribution in [0.1, 0.15) is 0 Å². The molecule has 0 fully saturated rings. The van der Waals surface area contributed by atoms with Gasteiger partial charge >= 0.3 is 5.70 Å². The number of benzene rings is 1. The summed E-state index contributed by atoms with van der Waals surface area (Å²) in [6.07, 6.45) is 0. The fraction of sp³-hybridized carbons (Fsp3) is 0. The smallest absolute Gasteiger partial charge is 0.258 e. The van der Waals surface area contributed by atoms with E-state index in [1.54, 1.807) is 24.3 Å². The van der Waals surface area contributed by atoms with Gasteiger partial charge in [-0.2, -0.15) is 0 Å². The Morgan fingerprint density at radius 2 is 1.63 bits per heavy atom. The van der Waals surface area contributed by atoms with Gasteiger partial charge in [0.2, 0.25) is 0 Å². The number of nitrogens with zero attached hydrogens (tertiary/aromatic N) is 1. The number of allylic oxidation sites excluding steroid dienone is 1. The van der Waals surface area contributed by atoms with Crippen LogP contribution in [0.4, 0.5) is 0 Å². The Balaban J connectivity index is 3.14. The van der Waals surface area contributed by atoms with Crippen LogP contribution < -0.4 is 0 Å². The predicted molar refractivity (Wildman–Crippen MR) is 81.8 cm³/mol. The molecule has 0 radical (unpaired) electrons. The average molecular weight is 379 g/mol. The standard InChI is InChI=1S/C10H4Cl5NO2S/c11-5-1-3-6(4-2-5)19-10(15)8(16(17)18)7(12)9(13)14/h1-4H/b10-8+. The first kappa shape index (κ1) is 17.0. The van der Waals surface area contributed by atoms with Crippen LogP contribution in [0.15, 0.2) is 48.7 Å². The molecule has 0 aliphatic heterocycles. The average Bonchev–Trinajstić information content (AvgIpc) is 2.31. The fourth-order valence-corrected chi connectivity index (χ4v) is 2.74. The molecule has 0 N–H and O–H groups in total. The van der Waals surface area contributed by atoms with Crippen molar-refractivity contribution in [3.63, 3.8) is 0 Å². The predicted octanol–water partition coefficient (Wildman–Crippen LogP) is 6.00. The first-order valence-corrected chi connectivity index (χ1v) is 7.22. The Morgan fingerprint density at radius 3 is 2.05 bits per heavy atom. The van der Waals surface area contributed by atoms with E-state index in [-0.39, 0.29) is 4.36 Å². The lowest BCUT2D eigenvalue weighted by atomic mass is 10.4. The third-order valence-corrected chi connectivity index (χ3v) is 4.25. The van der Waals surface area contributed by atoms with E-state index in [0.717, 1.165) is 11.8 Å². The van der Waals surface area contributed by atoms with E-state index in [4.69, 9.17) is 58.0 Å². The highest BCUT2D eigenvalue weighted by molar-refractivity contribution is 8.04. The van der Waals surface area contributed by atoms with E-state index in [1.165, 1.54) is 0 Å². The second-order valence-corrected chi connectivity index (χ2v) is 6.46. The zero-order valence-electron chi connectivity index (χ0n) is 8.87. The lowest BCUT2D eigenvalue weighted by Gasteiger charge is -2.02. The maximum absolute atomic E-state index is 10.9. The van der Waals surface area contributed by atoms with Crippen molar-refractivity contribution >= 4 is 69.8 Å². The Labute approximate surface area is 138 Å². The van der Waals surface area contributed by atoms with Crippen molar-refractivity contribution in [2.45, 2.75) is 4.90 Å². The molecule has 19 heavy (non-hydrogen) atoms. The molecule has 1 aromatic rings. The number of halogens is 5. The van der Waals surface area contributed by atoms with Gasteiger partial charge in [-0.1, -0.05) is 69.8 Å². The van der Waals surface area contributed by atoms with Gasteiger partial charge in [-0.05, 0) is 24.3 Å². The summed E-state index contributed by atoms with van der Waals surface area (Å²) >= 11 is 29.1. The van der Waals surface area contributed by atoms with Gasteiger partial charge in [0.15, 0.2) is 9.40 Å². The van der Waals surface area contributed by atoms with Gasteiger partial charge in [-0.3, -0.25) is 10.1 Å². The highest BCUT2D eigenvalue weighted by Crippen LogP contribution is 2.37. The van der Waals surface area contributed by atoms with E-state index in [9.17, 15) is 10.1 Å². The number of thioether (sulfide) groups is 1. The molecule has 0 aromatic heterocycles. The van der Waals surface area contributed by atoms with Crippen molar-refractivity contribution in [1.29, 1.82) is 0 Å². The minimum atomic E-state index is -0.752. The van der Waals surface area contributed by atoms with Gasteiger partial charge < -0.3 is 0 Å². The molecule has 0 spiro atoms. The van der Waals surface area contributed by atoms with Gasteiger partial charge in [-0.25, -0.2) is 0 Å².